The molecule has 0 bridgehead atoms. The van der Waals surface area contributed by atoms with Crippen LogP contribution in [0.5, 0.6) is 5.75 Å². The van der Waals surface area contributed by atoms with Crippen LogP contribution in [0.2, 0.25) is 0 Å². The molecule has 1 fully saturated rings. The molecule has 1 amide bonds. The number of carbonyl (C=O) groups excluding carboxylic acids is 1. The van der Waals surface area contributed by atoms with E-state index in [1.807, 2.05) is 31.2 Å². The van der Waals surface area contributed by atoms with Crippen molar-refractivity contribution >= 4 is 11.9 Å². The van der Waals surface area contributed by atoms with Gasteiger partial charge in [-0.05, 0) is 31.2 Å². The third kappa shape index (κ3) is 6.16. The number of aliphatic carboxylic acids is 1. The molecule has 6 atom stereocenters. The first-order valence-electron chi connectivity index (χ1n) is 11.5. The van der Waals surface area contributed by atoms with Crippen molar-refractivity contribution in [1.82, 2.24) is 5.32 Å². The van der Waals surface area contributed by atoms with Gasteiger partial charge in [-0.25, -0.2) is 0 Å². The highest BCUT2D eigenvalue weighted by atomic mass is 16.5. The third-order valence-electron chi connectivity index (χ3n) is 6.49. The molecule has 33 heavy (non-hydrogen) atoms. The number of para-hydroxylation sites is 1. The molecule has 1 saturated carbocycles. The van der Waals surface area contributed by atoms with E-state index in [-0.39, 0.29) is 42.7 Å². The van der Waals surface area contributed by atoms with Crippen LogP contribution in [-0.2, 0) is 16.0 Å². The first-order chi connectivity index (χ1) is 15.8. The summed E-state index contributed by atoms with van der Waals surface area (Å²) in [6.45, 7) is 3.36. The van der Waals surface area contributed by atoms with Crippen LogP contribution < -0.4 is 10.1 Å². The standard InChI is InChI=1S/C26H33NO6/c1-3-4-7-16(2)20(28)13-12-18-21(29)14-22-25(18)19-10-5-8-17(26(19)33-22)9-6-11-23(30)27-15-24(31)32/h5,8,10,12-13,16,18,20-22,25,28-29H,6-7,9,11,14-15H2,1-2H3,(H,27,30)(H,31,32)/b13-12+/t16-,18?,20?,21+,22?,25?/m0/s1. The van der Waals surface area contributed by atoms with E-state index in [1.165, 1.54) is 0 Å². The number of nitrogens with one attached hydrogen (secondary N) is 1. The van der Waals surface area contributed by atoms with Gasteiger partial charge < -0.3 is 25.4 Å². The maximum atomic E-state index is 11.8. The average molecular weight is 456 g/mol. The van der Waals surface area contributed by atoms with Crippen molar-refractivity contribution in [3.05, 3.63) is 41.5 Å². The summed E-state index contributed by atoms with van der Waals surface area (Å²) >= 11 is 0. The Kier molecular flexibility index (Phi) is 8.54. The van der Waals surface area contributed by atoms with Crippen LogP contribution in [-0.4, -0.2) is 52.1 Å². The Hall–Kier alpha value is -2.82. The fraction of sp³-hybridized carbons (Fsp3) is 0.538. The first-order valence-corrected chi connectivity index (χ1v) is 11.5. The molecule has 0 radical (unpaired) electrons. The van der Waals surface area contributed by atoms with E-state index in [0.29, 0.717) is 25.7 Å². The number of carboxylic acids is 1. The SMILES string of the molecule is CC#CC[C@H](C)C(O)/C=C/C1C2c3cccc(CCCC(=O)NCC(=O)O)c3OC2C[C@H]1O. The maximum Gasteiger partial charge on any atom is 0.322 e. The summed E-state index contributed by atoms with van der Waals surface area (Å²) in [5.74, 6) is 5.20. The highest BCUT2D eigenvalue weighted by Crippen LogP contribution is 2.52. The predicted molar refractivity (Wildman–Crippen MR) is 124 cm³/mol. The number of aliphatic hydroxyl groups excluding tert-OH is 2. The lowest BCUT2D eigenvalue weighted by atomic mass is 9.86. The number of fused-ring (bicyclic) bond motifs is 3. The Morgan fingerprint density at radius 1 is 1.36 bits per heavy atom. The van der Waals surface area contributed by atoms with Crippen molar-refractivity contribution < 1.29 is 29.6 Å². The van der Waals surface area contributed by atoms with Gasteiger partial charge in [0.25, 0.3) is 0 Å². The van der Waals surface area contributed by atoms with E-state index in [9.17, 15) is 19.8 Å². The molecular formula is C26H33NO6. The van der Waals surface area contributed by atoms with Crippen molar-refractivity contribution in [3.63, 3.8) is 0 Å². The van der Waals surface area contributed by atoms with Gasteiger partial charge in [0, 0.05) is 36.7 Å². The Bertz CT molecular complexity index is 946. The number of carboxylic acid groups (broad SMARTS) is 1. The second-order valence-corrected chi connectivity index (χ2v) is 8.91. The topological polar surface area (TPSA) is 116 Å². The second kappa shape index (κ2) is 11.4. The predicted octanol–water partition coefficient (Wildman–Crippen LogP) is 2.40. The smallest absolute Gasteiger partial charge is 0.322 e. The molecule has 178 valence electrons. The van der Waals surface area contributed by atoms with E-state index in [4.69, 9.17) is 9.84 Å². The fourth-order valence-corrected chi connectivity index (χ4v) is 4.68. The Morgan fingerprint density at radius 3 is 2.88 bits per heavy atom. The molecule has 0 saturated heterocycles. The summed E-state index contributed by atoms with van der Waals surface area (Å²) in [5, 5.41) is 32.1. The lowest BCUT2D eigenvalue weighted by Gasteiger charge is -2.19. The summed E-state index contributed by atoms with van der Waals surface area (Å²) in [7, 11) is 0. The molecule has 1 aromatic carbocycles. The number of hydrogen-bond acceptors (Lipinski definition) is 5. The molecule has 2 aliphatic rings. The summed E-state index contributed by atoms with van der Waals surface area (Å²) in [5.41, 5.74) is 2.07. The van der Waals surface area contributed by atoms with Crippen molar-refractivity contribution in [1.29, 1.82) is 0 Å². The molecule has 7 heteroatoms. The van der Waals surface area contributed by atoms with Gasteiger partial charge in [0.2, 0.25) is 5.91 Å². The molecule has 1 aliphatic carbocycles. The van der Waals surface area contributed by atoms with E-state index in [0.717, 1.165) is 16.9 Å². The molecule has 4 N–H and O–H groups in total. The van der Waals surface area contributed by atoms with Crippen LogP contribution in [0.1, 0.15) is 56.6 Å². The first kappa shape index (κ1) is 24.8. The third-order valence-corrected chi connectivity index (χ3v) is 6.49. The lowest BCUT2D eigenvalue weighted by molar-refractivity contribution is -0.137. The molecule has 0 spiro atoms. The maximum absolute atomic E-state index is 11.8. The summed E-state index contributed by atoms with van der Waals surface area (Å²) in [4.78, 5) is 22.3. The Morgan fingerprint density at radius 2 is 2.15 bits per heavy atom. The van der Waals surface area contributed by atoms with Gasteiger partial charge in [0.15, 0.2) is 0 Å². The number of benzene rings is 1. The lowest BCUT2D eigenvalue weighted by Crippen LogP contribution is -2.29. The van der Waals surface area contributed by atoms with Crippen LogP contribution in [0.15, 0.2) is 30.4 Å². The van der Waals surface area contributed by atoms with Gasteiger partial charge in [-0.15, -0.1) is 11.8 Å². The summed E-state index contributed by atoms with van der Waals surface area (Å²) in [6, 6.07) is 5.98. The van der Waals surface area contributed by atoms with Gasteiger partial charge in [-0.3, -0.25) is 9.59 Å². The van der Waals surface area contributed by atoms with Crippen LogP contribution in [0.4, 0.5) is 0 Å². The summed E-state index contributed by atoms with van der Waals surface area (Å²) in [6.07, 6.45) is 5.02. The van der Waals surface area contributed by atoms with Crippen molar-refractivity contribution in [2.75, 3.05) is 6.54 Å². The van der Waals surface area contributed by atoms with E-state index in [1.54, 1.807) is 13.0 Å². The minimum atomic E-state index is -1.06. The molecule has 0 aromatic heterocycles. The number of carbonyl (C=O) groups is 2. The number of hydrogen-bond donors (Lipinski definition) is 4. The number of ether oxygens (including phenoxy) is 1. The highest BCUT2D eigenvalue weighted by Gasteiger charge is 2.48. The second-order valence-electron chi connectivity index (χ2n) is 8.91. The molecular weight excluding hydrogens is 422 g/mol. The fourth-order valence-electron chi connectivity index (χ4n) is 4.68. The zero-order valence-corrected chi connectivity index (χ0v) is 19.2. The highest BCUT2D eigenvalue weighted by molar-refractivity contribution is 5.81. The van der Waals surface area contributed by atoms with Crippen molar-refractivity contribution in [2.24, 2.45) is 11.8 Å². The summed E-state index contributed by atoms with van der Waals surface area (Å²) < 4.78 is 6.25. The van der Waals surface area contributed by atoms with Crippen molar-refractivity contribution in [2.45, 2.75) is 70.2 Å². The quantitative estimate of drug-likeness (QED) is 0.318. The van der Waals surface area contributed by atoms with Crippen LogP contribution in [0.3, 0.4) is 0 Å². The zero-order valence-electron chi connectivity index (χ0n) is 19.2. The Balaban J connectivity index is 1.66. The number of aryl methyl sites for hydroxylation is 1. The average Bonchev–Trinajstić information content (AvgIpc) is 3.29. The molecule has 3 rings (SSSR count). The van der Waals surface area contributed by atoms with E-state index >= 15 is 0 Å². The normalized spacial score (nSPS) is 24.8. The van der Waals surface area contributed by atoms with Gasteiger partial charge in [-0.2, -0.15) is 0 Å². The molecule has 4 unspecified atom stereocenters. The molecule has 1 aliphatic heterocycles. The molecule has 1 heterocycles. The molecule has 7 nitrogen and oxygen atoms in total. The van der Waals surface area contributed by atoms with E-state index in [2.05, 4.69) is 17.2 Å². The minimum Gasteiger partial charge on any atom is -0.489 e. The number of amides is 1. The van der Waals surface area contributed by atoms with Gasteiger partial charge in [0.1, 0.15) is 18.4 Å². The number of aliphatic hydroxyl groups is 2. The van der Waals surface area contributed by atoms with Gasteiger partial charge >= 0.3 is 5.97 Å². The van der Waals surface area contributed by atoms with Crippen LogP contribution in [0.25, 0.3) is 0 Å². The Labute approximate surface area is 194 Å². The largest absolute Gasteiger partial charge is 0.489 e. The monoisotopic (exact) mass is 455 g/mol. The molecule has 1 aromatic rings. The number of rotatable bonds is 10. The van der Waals surface area contributed by atoms with Crippen LogP contribution >= 0.6 is 0 Å². The van der Waals surface area contributed by atoms with Gasteiger partial charge in [0.05, 0.1) is 12.2 Å². The van der Waals surface area contributed by atoms with Crippen LogP contribution in [0, 0.1) is 23.7 Å². The van der Waals surface area contributed by atoms with E-state index < -0.39 is 18.2 Å². The zero-order chi connectivity index (χ0) is 24.0. The minimum absolute atomic E-state index is 0.00876. The van der Waals surface area contributed by atoms with Crippen molar-refractivity contribution in [3.8, 4) is 17.6 Å². The van der Waals surface area contributed by atoms with Gasteiger partial charge in [-0.1, -0.05) is 37.3 Å².